The molecule has 5 nitrogen and oxygen atoms in total. The lowest BCUT2D eigenvalue weighted by Crippen LogP contribution is -2.57. The molecule has 34 heavy (non-hydrogen) atoms. The normalized spacial score (nSPS) is 31.5. The van der Waals surface area contributed by atoms with Crippen molar-refractivity contribution in [3.8, 4) is 5.75 Å². The number of hydrogen-bond acceptors (Lipinski definition) is 4. The highest BCUT2D eigenvalue weighted by Crippen LogP contribution is 2.59. The highest BCUT2D eigenvalue weighted by molar-refractivity contribution is 6.40. The van der Waals surface area contributed by atoms with E-state index in [2.05, 4.69) is 5.32 Å². The largest absolute Gasteiger partial charge is 0.497 e. The Morgan fingerprint density at radius 1 is 1.18 bits per heavy atom. The zero-order valence-corrected chi connectivity index (χ0v) is 20.8. The number of fused-ring (bicyclic) bond motifs is 1. The second kappa shape index (κ2) is 8.46. The first-order valence-corrected chi connectivity index (χ1v) is 13.0. The number of nitrogens with one attached hydrogen (secondary N) is 1. The molecule has 0 aromatic heterocycles. The smallest absolute Gasteiger partial charge is 0.268 e. The van der Waals surface area contributed by atoms with Crippen molar-refractivity contribution in [3.05, 3.63) is 58.1 Å². The van der Waals surface area contributed by atoms with Crippen LogP contribution in [-0.2, 0) is 4.79 Å². The first-order valence-electron chi connectivity index (χ1n) is 12.2. The lowest BCUT2D eigenvalue weighted by atomic mass is 9.66. The summed E-state index contributed by atoms with van der Waals surface area (Å²) in [6.45, 7) is 0. The van der Waals surface area contributed by atoms with Crippen LogP contribution in [0.15, 0.2) is 47.6 Å². The van der Waals surface area contributed by atoms with Gasteiger partial charge in [-0.05, 0) is 85.8 Å². The quantitative estimate of drug-likeness (QED) is 0.520. The Balaban J connectivity index is 1.30. The number of hydrazone groups is 1. The molecule has 3 saturated carbocycles. The van der Waals surface area contributed by atoms with Gasteiger partial charge in [0.05, 0.1) is 23.9 Å². The molecule has 0 saturated heterocycles. The van der Waals surface area contributed by atoms with Crippen LogP contribution in [-0.4, -0.2) is 24.3 Å². The van der Waals surface area contributed by atoms with Crippen LogP contribution in [0.5, 0.6) is 5.75 Å². The third-order valence-electron chi connectivity index (χ3n) is 8.54. The molecule has 178 valence electrons. The summed E-state index contributed by atoms with van der Waals surface area (Å²) < 4.78 is 5.33. The van der Waals surface area contributed by atoms with Gasteiger partial charge in [0.1, 0.15) is 11.5 Å². The van der Waals surface area contributed by atoms with E-state index in [0.29, 0.717) is 28.1 Å². The first-order chi connectivity index (χ1) is 16.5. The Morgan fingerprint density at radius 2 is 2.00 bits per heavy atom. The number of amides is 1. The molecule has 1 amide bonds. The molecule has 3 aliphatic carbocycles. The zero-order valence-electron chi connectivity index (χ0n) is 19.3. The average Bonchev–Trinajstić information content (AvgIpc) is 3.52. The number of carbonyl (C=O) groups is 1. The maximum absolute atomic E-state index is 13.6. The fourth-order valence-electron chi connectivity index (χ4n) is 7.16. The van der Waals surface area contributed by atoms with Gasteiger partial charge in [0.25, 0.3) is 5.91 Å². The van der Waals surface area contributed by atoms with Crippen molar-refractivity contribution >= 4 is 40.5 Å². The molecule has 2 aromatic rings. The second-order valence-electron chi connectivity index (χ2n) is 10.4. The van der Waals surface area contributed by atoms with E-state index in [1.165, 1.54) is 25.7 Å². The van der Waals surface area contributed by atoms with Crippen LogP contribution in [0.1, 0.15) is 56.6 Å². The maximum atomic E-state index is 13.6. The SMILES string of the molecule is COc1ccc(C2CC(C(=O)NC34CCCC5CC(CC53)C4)=NN2c2ccc(Cl)cc2Cl)cc1. The fourth-order valence-corrected chi connectivity index (χ4v) is 7.66. The molecule has 6 rings (SSSR count). The summed E-state index contributed by atoms with van der Waals surface area (Å²) in [4.78, 5) is 13.6. The highest BCUT2D eigenvalue weighted by Gasteiger charge is 2.57. The first kappa shape index (κ1) is 22.2. The summed E-state index contributed by atoms with van der Waals surface area (Å²) in [6, 6.07) is 13.2. The van der Waals surface area contributed by atoms with Crippen molar-refractivity contribution in [1.29, 1.82) is 0 Å². The molecular weight excluding hydrogens is 469 g/mol. The summed E-state index contributed by atoms with van der Waals surface area (Å²) in [5.74, 6) is 2.96. The van der Waals surface area contributed by atoms with Gasteiger partial charge in [0, 0.05) is 17.0 Å². The van der Waals surface area contributed by atoms with Gasteiger partial charge >= 0.3 is 0 Å². The molecule has 2 bridgehead atoms. The summed E-state index contributed by atoms with van der Waals surface area (Å²) in [7, 11) is 1.65. The third-order valence-corrected chi connectivity index (χ3v) is 9.08. The van der Waals surface area contributed by atoms with Crippen molar-refractivity contribution in [2.24, 2.45) is 22.9 Å². The molecule has 1 heterocycles. The van der Waals surface area contributed by atoms with E-state index in [4.69, 9.17) is 33.0 Å². The Labute approximate surface area is 210 Å². The number of nitrogens with zero attached hydrogens (tertiary/aromatic N) is 2. The summed E-state index contributed by atoms with van der Waals surface area (Å²) >= 11 is 12.7. The second-order valence-corrected chi connectivity index (χ2v) is 11.2. The Bertz CT molecular complexity index is 1150. The van der Waals surface area contributed by atoms with Gasteiger partial charge in [-0.15, -0.1) is 0 Å². The van der Waals surface area contributed by atoms with E-state index in [1.54, 1.807) is 19.2 Å². The maximum Gasteiger partial charge on any atom is 0.268 e. The summed E-state index contributed by atoms with van der Waals surface area (Å²) in [5, 5.41) is 11.3. The number of ether oxygens (including phenoxy) is 1. The van der Waals surface area contributed by atoms with Gasteiger partial charge in [-0.25, -0.2) is 0 Å². The fraction of sp³-hybridized carbons (Fsp3) is 0.481. The topological polar surface area (TPSA) is 53.9 Å². The minimum absolute atomic E-state index is 0.0284. The van der Waals surface area contributed by atoms with Crippen LogP contribution in [0.25, 0.3) is 0 Å². The molecule has 1 aliphatic heterocycles. The third kappa shape index (κ3) is 3.68. The lowest BCUT2D eigenvalue weighted by Gasteiger charge is -2.46. The van der Waals surface area contributed by atoms with Crippen LogP contribution < -0.4 is 15.1 Å². The van der Waals surface area contributed by atoms with Gasteiger partial charge in [0.15, 0.2) is 0 Å². The van der Waals surface area contributed by atoms with Crippen LogP contribution in [0, 0.1) is 17.8 Å². The van der Waals surface area contributed by atoms with Crippen molar-refractivity contribution in [3.63, 3.8) is 0 Å². The summed E-state index contributed by atoms with van der Waals surface area (Å²) in [5.41, 5.74) is 2.32. The number of anilines is 1. The standard InChI is InChI=1S/C27H29Cl2N3O2/c1-34-20-7-4-17(5-8-20)25-14-23(31-32(25)24-9-6-19(28)13-22(24)29)26(33)30-27-10-2-3-18-11-16(15-27)12-21(18)27/h4-9,13,16,18,21,25H,2-3,10-12,14-15H2,1H3,(H,30,33). The lowest BCUT2D eigenvalue weighted by molar-refractivity contribution is -0.118. The minimum atomic E-state index is -0.137. The van der Waals surface area contributed by atoms with Crippen molar-refractivity contribution in [2.45, 2.75) is 56.5 Å². The Morgan fingerprint density at radius 3 is 2.74 bits per heavy atom. The number of benzene rings is 2. The van der Waals surface area contributed by atoms with Crippen molar-refractivity contribution in [1.82, 2.24) is 5.32 Å². The number of carbonyl (C=O) groups excluding carboxylic acids is 1. The van der Waals surface area contributed by atoms with Gasteiger partial charge in [-0.3, -0.25) is 9.80 Å². The number of rotatable bonds is 5. The van der Waals surface area contributed by atoms with Crippen LogP contribution in [0.2, 0.25) is 10.0 Å². The molecule has 2 aromatic carbocycles. The zero-order chi connectivity index (χ0) is 23.4. The predicted molar refractivity (Wildman–Crippen MR) is 136 cm³/mol. The number of halogens is 2. The van der Waals surface area contributed by atoms with E-state index in [0.717, 1.165) is 41.7 Å². The van der Waals surface area contributed by atoms with Gasteiger partial charge < -0.3 is 10.1 Å². The van der Waals surface area contributed by atoms with E-state index in [1.807, 2.05) is 35.3 Å². The number of hydrogen-bond donors (Lipinski definition) is 1. The molecular formula is C27H29Cl2N3O2. The molecule has 5 unspecified atom stereocenters. The van der Waals surface area contributed by atoms with Crippen molar-refractivity contribution < 1.29 is 9.53 Å². The van der Waals surface area contributed by atoms with Crippen LogP contribution in [0.3, 0.4) is 0 Å². The van der Waals surface area contributed by atoms with Gasteiger partial charge in [-0.2, -0.15) is 5.10 Å². The Kier molecular flexibility index (Phi) is 5.53. The molecule has 7 heteroatoms. The molecule has 0 radical (unpaired) electrons. The Hall–Kier alpha value is -2.24. The van der Waals surface area contributed by atoms with E-state index < -0.39 is 0 Å². The molecule has 4 aliphatic rings. The summed E-state index contributed by atoms with van der Waals surface area (Å²) in [6.07, 6.45) is 7.90. The predicted octanol–water partition coefficient (Wildman–Crippen LogP) is 6.39. The molecule has 0 spiro atoms. The minimum Gasteiger partial charge on any atom is -0.497 e. The molecule has 1 N–H and O–H groups in total. The highest BCUT2D eigenvalue weighted by atomic mass is 35.5. The van der Waals surface area contributed by atoms with Crippen LogP contribution in [0.4, 0.5) is 5.69 Å². The van der Waals surface area contributed by atoms with Crippen LogP contribution >= 0.6 is 23.2 Å². The van der Waals surface area contributed by atoms with E-state index in [-0.39, 0.29) is 17.5 Å². The van der Waals surface area contributed by atoms with Gasteiger partial charge in [0.2, 0.25) is 0 Å². The van der Waals surface area contributed by atoms with E-state index >= 15 is 0 Å². The van der Waals surface area contributed by atoms with E-state index in [9.17, 15) is 4.79 Å². The van der Waals surface area contributed by atoms with Gasteiger partial charge in [-0.1, -0.05) is 41.8 Å². The molecule has 3 fully saturated rings. The van der Waals surface area contributed by atoms with Crippen molar-refractivity contribution in [2.75, 3.05) is 12.1 Å². The monoisotopic (exact) mass is 497 g/mol. The average molecular weight is 498 g/mol. The number of methoxy groups -OCH3 is 1. The molecule has 5 atom stereocenters.